The van der Waals surface area contributed by atoms with E-state index in [1.807, 2.05) is 31.2 Å². The van der Waals surface area contributed by atoms with Crippen molar-refractivity contribution in [2.24, 2.45) is 0 Å². The van der Waals surface area contributed by atoms with E-state index in [-0.39, 0.29) is 31.4 Å². The standard InChI is InChI=1S/C21H20FNO3/c1-16-8-10-18(11-9-16)26-15-21(24)23(14-19-6-4-12-25-19)13-17-5-2-3-7-20(17)22/h2-12H,13-15H2,1H3. The van der Waals surface area contributed by atoms with Crippen molar-refractivity contribution in [3.8, 4) is 5.75 Å². The average molecular weight is 353 g/mol. The number of halogens is 1. The summed E-state index contributed by atoms with van der Waals surface area (Å²) >= 11 is 0. The van der Waals surface area contributed by atoms with Gasteiger partial charge >= 0.3 is 0 Å². The first-order valence-corrected chi connectivity index (χ1v) is 8.35. The summed E-state index contributed by atoms with van der Waals surface area (Å²) in [7, 11) is 0. The minimum atomic E-state index is -0.343. The fourth-order valence-electron chi connectivity index (χ4n) is 2.53. The minimum Gasteiger partial charge on any atom is -0.484 e. The second-order valence-corrected chi connectivity index (χ2v) is 6.02. The first-order valence-electron chi connectivity index (χ1n) is 8.35. The third-order valence-electron chi connectivity index (χ3n) is 3.98. The highest BCUT2D eigenvalue weighted by Gasteiger charge is 2.18. The number of nitrogens with zero attached hydrogens (tertiary/aromatic N) is 1. The minimum absolute atomic E-state index is 0.127. The van der Waals surface area contributed by atoms with Crippen molar-refractivity contribution in [3.63, 3.8) is 0 Å². The van der Waals surface area contributed by atoms with Gasteiger partial charge in [-0.15, -0.1) is 0 Å². The molecule has 3 aromatic rings. The quantitative estimate of drug-likeness (QED) is 0.635. The van der Waals surface area contributed by atoms with Crippen LogP contribution in [0.3, 0.4) is 0 Å². The highest BCUT2D eigenvalue weighted by molar-refractivity contribution is 5.77. The Kier molecular flexibility index (Phi) is 5.69. The first kappa shape index (κ1) is 17.7. The van der Waals surface area contributed by atoms with Gasteiger partial charge in [0, 0.05) is 12.1 Å². The Bertz CT molecular complexity index is 844. The average Bonchev–Trinajstić information content (AvgIpc) is 3.15. The molecular weight excluding hydrogens is 333 g/mol. The Morgan fingerprint density at radius 1 is 1.04 bits per heavy atom. The molecule has 26 heavy (non-hydrogen) atoms. The lowest BCUT2D eigenvalue weighted by Crippen LogP contribution is -2.34. The van der Waals surface area contributed by atoms with Crippen molar-refractivity contribution in [2.45, 2.75) is 20.0 Å². The molecule has 1 heterocycles. The molecule has 0 spiro atoms. The molecule has 0 aliphatic carbocycles. The number of hydrogen-bond donors (Lipinski definition) is 0. The number of benzene rings is 2. The van der Waals surface area contributed by atoms with Crippen molar-refractivity contribution in [1.82, 2.24) is 4.90 Å². The Hall–Kier alpha value is -3.08. The molecule has 1 amide bonds. The van der Waals surface area contributed by atoms with Crippen molar-refractivity contribution >= 4 is 5.91 Å². The molecule has 3 rings (SSSR count). The van der Waals surface area contributed by atoms with E-state index < -0.39 is 0 Å². The fourth-order valence-corrected chi connectivity index (χ4v) is 2.53. The molecule has 0 aliphatic rings. The number of hydrogen-bond acceptors (Lipinski definition) is 3. The lowest BCUT2D eigenvalue weighted by atomic mass is 10.2. The topological polar surface area (TPSA) is 42.7 Å². The molecule has 5 heteroatoms. The summed E-state index contributed by atoms with van der Waals surface area (Å²) in [5.41, 5.74) is 1.56. The number of carbonyl (C=O) groups excluding carboxylic acids is 1. The zero-order valence-electron chi connectivity index (χ0n) is 14.5. The third-order valence-corrected chi connectivity index (χ3v) is 3.98. The van der Waals surface area contributed by atoms with Crippen LogP contribution in [0.2, 0.25) is 0 Å². The summed E-state index contributed by atoms with van der Waals surface area (Å²) in [6.07, 6.45) is 1.55. The molecule has 0 fully saturated rings. The van der Waals surface area contributed by atoms with Gasteiger partial charge in [0.15, 0.2) is 6.61 Å². The highest BCUT2D eigenvalue weighted by Crippen LogP contribution is 2.15. The lowest BCUT2D eigenvalue weighted by Gasteiger charge is -2.22. The molecular formula is C21H20FNO3. The molecule has 1 aromatic heterocycles. The fraction of sp³-hybridized carbons (Fsp3) is 0.190. The van der Waals surface area contributed by atoms with Crippen LogP contribution in [-0.4, -0.2) is 17.4 Å². The molecule has 0 N–H and O–H groups in total. The maximum absolute atomic E-state index is 14.0. The van der Waals surface area contributed by atoms with Gasteiger partial charge < -0.3 is 14.1 Å². The summed E-state index contributed by atoms with van der Waals surface area (Å²) in [6.45, 7) is 2.24. The second-order valence-electron chi connectivity index (χ2n) is 6.02. The predicted molar refractivity (Wildman–Crippen MR) is 96.0 cm³/mol. The number of furan rings is 1. The van der Waals surface area contributed by atoms with Crippen LogP contribution in [0, 0.1) is 12.7 Å². The van der Waals surface area contributed by atoms with Gasteiger partial charge in [-0.25, -0.2) is 4.39 Å². The monoisotopic (exact) mass is 353 g/mol. The smallest absolute Gasteiger partial charge is 0.261 e. The van der Waals surface area contributed by atoms with Gasteiger partial charge in [0.2, 0.25) is 0 Å². The summed E-state index contributed by atoms with van der Waals surface area (Å²) in [4.78, 5) is 14.2. The van der Waals surface area contributed by atoms with E-state index in [2.05, 4.69) is 0 Å². The van der Waals surface area contributed by atoms with Crippen LogP contribution >= 0.6 is 0 Å². The largest absolute Gasteiger partial charge is 0.484 e. The van der Waals surface area contributed by atoms with E-state index in [4.69, 9.17) is 9.15 Å². The van der Waals surface area contributed by atoms with Crippen LogP contribution in [0.25, 0.3) is 0 Å². The van der Waals surface area contributed by atoms with Gasteiger partial charge in [-0.1, -0.05) is 35.9 Å². The Balaban J connectivity index is 1.70. The van der Waals surface area contributed by atoms with E-state index in [0.29, 0.717) is 17.1 Å². The maximum Gasteiger partial charge on any atom is 0.261 e. The van der Waals surface area contributed by atoms with Crippen LogP contribution < -0.4 is 4.74 Å². The predicted octanol–water partition coefficient (Wildman–Crippen LogP) is 4.33. The summed E-state index contributed by atoms with van der Waals surface area (Å²) < 4.78 is 24.9. The number of aryl methyl sites for hydroxylation is 1. The molecule has 0 unspecified atom stereocenters. The highest BCUT2D eigenvalue weighted by atomic mass is 19.1. The molecule has 0 saturated heterocycles. The first-order chi connectivity index (χ1) is 12.6. The van der Waals surface area contributed by atoms with Crippen molar-refractivity contribution in [1.29, 1.82) is 0 Å². The van der Waals surface area contributed by atoms with E-state index in [1.54, 1.807) is 36.6 Å². The number of carbonyl (C=O) groups is 1. The van der Waals surface area contributed by atoms with E-state index in [1.165, 1.54) is 11.0 Å². The van der Waals surface area contributed by atoms with Crippen molar-refractivity contribution < 1.29 is 18.3 Å². The number of ether oxygens (including phenoxy) is 1. The second kappa shape index (κ2) is 8.34. The van der Waals surface area contributed by atoms with Crippen molar-refractivity contribution in [2.75, 3.05) is 6.61 Å². The molecule has 4 nitrogen and oxygen atoms in total. The summed E-state index contributed by atoms with van der Waals surface area (Å²) in [5, 5.41) is 0. The molecule has 2 aromatic carbocycles. The Labute approximate surface area is 151 Å². The molecule has 0 radical (unpaired) electrons. The van der Waals surface area contributed by atoms with Gasteiger partial charge in [-0.2, -0.15) is 0 Å². The van der Waals surface area contributed by atoms with Crippen LogP contribution in [0.15, 0.2) is 71.3 Å². The van der Waals surface area contributed by atoms with E-state index >= 15 is 0 Å². The number of rotatable bonds is 7. The van der Waals surface area contributed by atoms with Crippen LogP contribution in [0.5, 0.6) is 5.75 Å². The van der Waals surface area contributed by atoms with Crippen molar-refractivity contribution in [3.05, 3.63) is 89.6 Å². The third kappa shape index (κ3) is 4.72. The van der Waals surface area contributed by atoms with E-state index in [0.717, 1.165) is 5.56 Å². The van der Waals surface area contributed by atoms with Gasteiger partial charge in [0.25, 0.3) is 5.91 Å². The van der Waals surface area contributed by atoms with Gasteiger partial charge in [-0.3, -0.25) is 4.79 Å². The molecule has 0 saturated carbocycles. The lowest BCUT2D eigenvalue weighted by molar-refractivity contribution is -0.134. The van der Waals surface area contributed by atoms with Crippen LogP contribution in [0.4, 0.5) is 4.39 Å². The maximum atomic E-state index is 14.0. The molecule has 134 valence electrons. The van der Waals surface area contributed by atoms with E-state index in [9.17, 15) is 9.18 Å². The molecule has 0 atom stereocenters. The summed E-state index contributed by atoms with van der Waals surface area (Å²) in [6, 6.07) is 17.4. The zero-order chi connectivity index (χ0) is 18.4. The van der Waals surface area contributed by atoms with Crippen LogP contribution in [0.1, 0.15) is 16.9 Å². The van der Waals surface area contributed by atoms with Gasteiger partial charge in [0.1, 0.15) is 17.3 Å². The summed E-state index contributed by atoms with van der Waals surface area (Å²) in [5.74, 6) is 0.659. The number of amides is 1. The van der Waals surface area contributed by atoms with Gasteiger partial charge in [0.05, 0.1) is 12.8 Å². The normalized spacial score (nSPS) is 10.5. The SMILES string of the molecule is Cc1ccc(OCC(=O)N(Cc2ccco2)Cc2ccccc2F)cc1. The Morgan fingerprint density at radius 3 is 2.50 bits per heavy atom. The Morgan fingerprint density at radius 2 is 1.81 bits per heavy atom. The molecule has 0 aliphatic heterocycles. The van der Waals surface area contributed by atoms with Gasteiger partial charge in [-0.05, 0) is 37.3 Å². The zero-order valence-corrected chi connectivity index (χ0v) is 14.5. The van der Waals surface area contributed by atoms with Crippen LogP contribution in [-0.2, 0) is 17.9 Å². The molecule has 0 bridgehead atoms.